The van der Waals surface area contributed by atoms with Crippen LogP contribution in [0.5, 0.6) is 0 Å². The molecule has 0 radical (unpaired) electrons. The van der Waals surface area contributed by atoms with E-state index in [-0.39, 0.29) is 24.0 Å². The molecule has 0 unspecified atom stereocenters. The molecule has 0 bridgehead atoms. The van der Waals surface area contributed by atoms with Crippen LogP contribution in [0.2, 0.25) is 0 Å². The van der Waals surface area contributed by atoms with E-state index in [4.69, 9.17) is 4.99 Å². The average molecular weight is 494 g/mol. The highest BCUT2D eigenvalue weighted by atomic mass is 127. The Morgan fingerprint density at radius 3 is 2.78 bits per heavy atom. The van der Waals surface area contributed by atoms with Gasteiger partial charge in [0.1, 0.15) is 0 Å². The van der Waals surface area contributed by atoms with Crippen molar-refractivity contribution in [2.75, 3.05) is 26.7 Å². The number of guanidine groups is 1. The standard InChI is InChI=1S/C21H26N4S.HI/c1-3-22-21(25(2)15-12-19-10-6-16-26-19)24-14-11-18-8-4-7-17-9-5-13-23-20(17)18;/h4-10,13,16H,3,11-12,14-15H2,1-2H3,(H,22,24);1H. The smallest absolute Gasteiger partial charge is 0.193 e. The second-order valence-electron chi connectivity index (χ2n) is 6.23. The monoisotopic (exact) mass is 494 g/mol. The van der Waals surface area contributed by atoms with Gasteiger partial charge in [0.15, 0.2) is 5.96 Å². The van der Waals surface area contributed by atoms with E-state index in [1.807, 2.05) is 23.6 Å². The number of para-hydroxylation sites is 1. The Balaban J connectivity index is 0.00000261. The molecule has 2 aromatic heterocycles. The third-order valence-electron chi connectivity index (χ3n) is 4.33. The first-order chi connectivity index (χ1) is 12.8. The SMILES string of the molecule is CCNC(=NCCc1cccc2cccnc12)N(C)CCc1cccs1.I. The van der Waals surface area contributed by atoms with Gasteiger partial charge in [-0.15, -0.1) is 35.3 Å². The third-order valence-corrected chi connectivity index (χ3v) is 5.27. The number of rotatable bonds is 7. The zero-order valence-corrected chi connectivity index (χ0v) is 19.0. The van der Waals surface area contributed by atoms with Gasteiger partial charge in [-0.3, -0.25) is 9.98 Å². The van der Waals surface area contributed by atoms with Crippen LogP contribution in [-0.4, -0.2) is 42.5 Å². The van der Waals surface area contributed by atoms with Crippen molar-refractivity contribution in [3.63, 3.8) is 0 Å². The van der Waals surface area contributed by atoms with Crippen LogP contribution in [0.15, 0.2) is 59.0 Å². The Morgan fingerprint density at radius 2 is 2.00 bits per heavy atom. The van der Waals surface area contributed by atoms with Gasteiger partial charge in [-0.25, -0.2) is 0 Å². The van der Waals surface area contributed by atoms with Gasteiger partial charge in [0.05, 0.1) is 5.52 Å². The minimum atomic E-state index is 0. The summed E-state index contributed by atoms with van der Waals surface area (Å²) < 4.78 is 0. The highest BCUT2D eigenvalue weighted by Crippen LogP contribution is 2.16. The number of likely N-dealkylation sites (N-methyl/N-ethyl adjacent to an activating group) is 1. The number of aliphatic imine (C=N–C) groups is 1. The second kappa shape index (κ2) is 11.2. The summed E-state index contributed by atoms with van der Waals surface area (Å²) in [6.45, 7) is 4.69. The van der Waals surface area contributed by atoms with E-state index in [0.29, 0.717) is 0 Å². The van der Waals surface area contributed by atoms with E-state index in [1.165, 1.54) is 15.8 Å². The summed E-state index contributed by atoms with van der Waals surface area (Å²) in [5, 5.41) is 6.72. The number of halogens is 1. The number of nitrogens with one attached hydrogen (secondary N) is 1. The molecule has 0 aliphatic heterocycles. The van der Waals surface area contributed by atoms with Crippen LogP contribution in [0.1, 0.15) is 17.4 Å². The molecular formula is C21H27IN4S. The lowest BCUT2D eigenvalue weighted by atomic mass is 10.1. The van der Waals surface area contributed by atoms with Gasteiger partial charge in [-0.05, 0) is 42.8 Å². The number of thiophene rings is 1. The summed E-state index contributed by atoms with van der Waals surface area (Å²) in [4.78, 5) is 13.0. The molecule has 144 valence electrons. The van der Waals surface area contributed by atoms with Crippen LogP contribution < -0.4 is 5.32 Å². The predicted octanol–water partition coefficient (Wildman–Crippen LogP) is 4.60. The van der Waals surface area contributed by atoms with E-state index in [1.54, 1.807) is 0 Å². The lowest BCUT2D eigenvalue weighted by molar-refractivity contribution is 0.487. The number of pyridine rings is 1. The maximum atomic E-state index is 4.82. The lowest BCUT2D eigenvalue weighted by Crippen LogP contribution is -2.40. The van der Waals surface area contributed by atoms with Crippen molar-refractivity contribution in [2.24, 2.45) is 4.99 Å². The number of hydrogen-bond acceptors (Lipinski definition) is 3. The molecule has 0 atom stereocenters. The van der Waals surface area contributed by atoms with Gasteiger partial charge in [0.25, 0.3) is 0 Å². The second-order valence-corrected chi connectivity index (χ2v) is 7.26. The molecule has 27 heavy (non-hydrogen) atoms. The molecule has 0 aliphatic carbocycles. The number of nitrogens with zero attached hydrogens (tertiary/aromatic N) is 3. The van der Waals surface area contributed by atoms with Crippen LogP contribution in [0, 0.1) is 0 Å². The van der Waals surface area contributed by atoms with Gasteiger partial charge in [-0.1, -0.05) is 30.3 Å². The van der Waals surface area contributed by atoms with Crippen LogP contribution in [-0.2, 0) is 12.8 Å². The van der Waals surface area contributed by atoms with Crippen molar-refractivity contribution in [3.05, 3.63) is 64.5 Å². The summed E-state index contributed by atoms with van der Waals surface area (Å²) in [6, 6.07) is 14.7. The average Bonchev–Trinajstić information content (AvgIpc) is 3.19. The van der Waals surface area contributed by atoms with Gasteiger partial charge in [-0.2, -0.15) is 0 Å². The minimum absolute atomic E-state index is 0. The highest BCUT2D eigenvalue weighted by Gasteiger charge is 2.07. The fourth-order valence-electron chi connectivity index (χ4n) is 2.96. The number of aromatic nitrogens is 1. The molecule has 6 heteroatoms. The lowest BCUT2D eigenvalue weighted by Gasteiger charge is -2.21. The van der Waals surface area contributed by atoms with E-state index < -0.39 is 0 Å². The van der Waals surface area contributed by atoms with Gasteiger partial charge in [0, 0.05) is 43.1 Å². The third kappa shape index (κ3) is 6.17. The quantitative estimate of drug-likeness (QED) is 0.297. The molecule has 0 spiro atoms. The van der Waals surface area contributed by atoms with E-state index in [0.717, 1.165) is 44.0 Å². The maximum absolute atomic E-state index is 4.82. The number of hydrogen-bond donors (Lipinski definition) is 1. The summed E-state index contributed by atoms with van der Waals surface area (Å²) in [7, 11) is 2.11. The molecule has 3 rings (SSSR count). The van der Waals surface area contributed by atoms with Crippen LogP contribution in [0.4, 0.5) is 0 Å². The van der Waals surface area contributed by atoms with E-state index >= 15 is 0 Å². The van der Waals surface area contributed by atoms with Crippen molar-refractivity contribution in [3.8, 4) is 0 Å². The molecule has 4 nitrogen and oxygen atoms in total. The number of benzene rings is 1. The molecule has 1 N–H and O–H groups in total. The van der Waals surface area contributed by atoms with E-state index in [9.17, 15) is 0 Å². The normalized spacial score (nSPS) is 11.3. The molecular weight excluding hydrogens is 467 g/mol. The molecule has 2 heterocycles. The Hall–Kier alpha value is -1.67. The van der Waals surface area contributed by atoms with Crippen molar-refractivity contribution in [1.29, 1.82) is 0 Å². The zero-order valence-electron chi connectivity index (χ0n) is 15.9. The zero-order chi connectivity index (χ0) is 18.2. The van der Waals surface area contributed by atoms with Gasteiger partial charge in [0.2, 0.25) is 0 Å². The predicted molar refractivity (Wildman–Crippen MR) is 127 cm³/mol. The van der Waals surface area contributed by atoms with Gasteiger partial charge >= 0.3 is 0 Å². The highest BCUT2D eigenvalue weighted by molar-refractivity contribution is 14.0. The van der Waals surface area contributed by atoms with Crippen LogP contribution in [0.3, 0.4) is 0 Å². The first-order valence-corrected chi connectivity index (χ1v) is 10.0. The maximum Gasteiger partial charge on any atom is 0.193 e. The Morgan fingerprint density at radius 1 is 1.15 bits per heavy atom. The molecule has 0 fully saturated rings. The van der Waals surface area contributed by atoms with Gasteiger partial charge < -0.3 is 10.2 Å². The molecule has 0 saturated carbocycles. The van der Waals surface area contributed by atoms with Crippen molar-refractivity contribution in [1.82, 2.24) is 15.2 Å². The van der Waals surface area contributed by atoms with Crippen molar-refractivity contribution >= 4 is 52.2 Å². The minimum Gasteiger partial charge on any atom is -0.357 e. The fourth-order valence-corrected chi connectivity index (χ4v) is 3.66. The summed E-state index contributed by atoms with van der Waals surface area (Å²) in [6.07, 6.45) is 3.80. The van der Waals surface area contributed by atoms with Crippen LogP contribution in [0.25, 0.3) is 10.9 Å². The van der Waals surface area contributed by atoms with Crippen molar-refractivity contribution < 1.29 is 0 Å². The Kier molecular flexibility index (Phi) is 9.00. The summed E-state index contributed by atoms with van der Waals surface area (Å²) >= 11 is 1.81. The first-order valence-electron chi connectivity index (χ1n) is 9.12. The molecule has 0 aliphatic rings. The molecule has 0 amide bonds. The molecule has 1 aromatic carbocycles. The fraction of sp³-hybridized carbons (Fsp3) is 0.333. The summed E-state index contributed by atoms with van der Waals surface area (Å²) in [5.74, 6) is 0.970. The van der Waals surface area contributed by atoms with Crippen molar-refractivity contribution in [2.45, 2.75) is 19.8 Å². The Bertz CT molecular complexity index is 843. The largest absolute Gasteiger partial charge is 0.357 e. The Labute approximate surface area is 182 Å². The number of fused-ring (bicyclic) bond motifs is 1. The topological polar surface area (TPSA) is 40.5 Å². The van der Waals surface area contributed by atoms with Crippen LogP contribution >= 0.6 is 35.3 Å². The van der Waals surface area contributed by atoms with E-state index in [2.05, 4.69) is 71.0 Å². The first kappa shape index (κ1) is 21.6. The molecule has 0 saturated heterocycles. The summed E-state index contributed by atoms with van der Waals surface area (Å²) in [5.41, 5.74) is 2.34. The molecule has 3 aromatic rings.